The van der Waals surface area contributed by atoms with Crippen molar-refractivity contribution in [3.8, 4) is 5.75 Å². The molecule has 0 aliphatic heterocycles. The first-order valence-electron chi connectivity index (χ1n) is 6.08. The number of amides is 1. The van der Waals surface area contributed by atoms with Gasteiger partial charge in [0.15, 0.2) is 6.61 Å². The lowest BCUT2D eigenvalue weighted by Gasteiger charge is -2.17. The van der Waals surface area contributed by atoms with Gasteiger partial charge in [-0.3, -0.25) is 4.79 Å². The van der Waals surface area contributed by atoms with Crippen LogP contribution in [-0.4, -0.2) is 18.6 Å². The number of hydrogen-bond acceptors (Lipinski definition) is 2. The van der Waals surface area contributed by atoms with Gasteiger partial charge in [-0.2, -0.15) is 0 Å². The number of hydrogen-bond donors (Lipinski definition) is 1. The molecule has 1 N–H and O–H groups in total. The van der Waals surface area contributed by atoms with Gasteiger partial charge in [0.1, 0.15) is 11.6 Å². The molecule has 0 aromatic heterocycles. The lowest BCUT2D eigenvalue weighted by atomic mass is 10.1. The molecule has 1 aromatic rings. The molecule has 0 aliphatic carbocycles. The molecule has 0 spiro atoms. The highest BCUT2D eigenvalue weighted by atomic mass is 19.1. The highest BCUT2D eigenvalue weighted by Crippen LogP contribution is 2.18. The van der Waals surface area contributed by atoms with E-state index in [0.29, 0.717) is 11.7 Å². The molecule has 1 atom stereocenters. The number of carbonyl (C=O) groups is 1. The molecule has 0 radical (unpaired) electrons. The van der Waals surface area contributed by atoms with Crippen molar-refractivity contribution in [3.05, 3.63) is 29.6 Å². The van der Waals surface area contributed by atoms with Gasteiger partial charge in [-0.25, -0.2) is 4.39 Å². The first-order valence-corrected chi connectivity index (χ1v) is 6.08. The Balaban J connectivity index is 2.50. The van der Waals surface area contributed by atoms with Gasteiger partial charge in [-0.05, 0) is 31.4 Å². The summed E-state index contributed by atoms with van der Waals surface area (Å²) in [6.07, 6.45) is 0. The summed E-state index contributed by atoms with van der Waals surface area (Å²) < 4.78 is 18.3. The fourth-order valence-electron chi connectivity index (χ4n) is 1.33. The van der Waals surface area contributed by atoms with Crippen molar-refractivity contribution in [2.24, 2.45) is 5.92 Å². The number of nitrogens with one attached hydrogen (secondary N) is 1. The van der Waals surface area contributed by atoms with Crippen LogP contribution >= 0.6 is 0 Å². The number of ether oxygens (including phenoxy) is 1. The molecular weight excluding hydrogens is 233 g/mol. The molecule has 18 heavy (non-hydrogen) atoms. The largest absolute Gasteiger partial charge is 0.483 e. The van der Waals surface area contributed by atoms with E-state index in [-0.39, 0.29) is 24.4 Å². The Bertz CT molecular complexity index is 418. The van der Waals surface area contributed by atoms with Crippen molar-refractivity contribution in [1.29, 1.82) is 0 Å². The minimum absolute atomic E-state index is 0.0923. The van der Waals surface area contributed by atoms with Crippen molar-refractivity contribution in [2.45, 2.75) is 33.7 Å². The molecule has 1 rings (SSSR count). The SMILES string of the molecule is Cc1ccc(F)cc1OCC(=O)NC(C)C(C)C. The maximum absolute atomic E-state index is 13.0. The van der Waals surface area contributed by atoms with Crippen LogP contribution in [0.2, 0.25) is 0 Å². The van der Waals surface area contributed by atoms with E-state index in [1.807, 2.05) is 27.7 Å². The van der Waals surface area contributed by atoms with E-state index in [4.69, 9.17) is 4.74 Å². The second kappa shape index (κ2) is 6.38. The van der Waals surface area contributed by atoms with Crippen LogP contribution in [0.5, 0.6) is 5.75 Å². The van der Waals surface area contributed by atoms with Gasteiger partial charge in [0, 0.05) is 12.1 Å². The zero-order valence-corrected chi connectivity index (χ0v) is 11.3. The summed E-state index contributed by atoms with van der Waals surface area (Å²) in [4.78, 5) is 11.6. The first-order chi connectivity index (χ1) is 8.40. The van der Waals surface area contributed by atoms with Crippen LogP contribution in [0.1, 0.15) is 26.3 Å². The molecule has 0 aliphatic rings. The molecule has 100 valence electrons. The fraction of sp³-hybridized carbons (Fsp3) is 0.500. The minimum atomic E-state index is -0.369. The molecule has 1 unspecified atom stereocenters. The smallest absolute Gasteiger partial charge is 0.258 e. The third kappa shape index (κ3) is 4.35. The Morgan fingerprint density at radius 1 is 1.39 bits per heavy atom. The monoisotopic (exact) mass is 253 g/mol. The van der Waals surface area contributed by atoms with Crippen LogP contribution < -0.4 is 10.1 Å². The van der Waals surface area contributed by atoms with Crippen LogP contribution in [0.4, 0.5) is 4.39 Å². The maximum Gasteiger partial charge on any atom is 0.258 e. The number of carbonyl (C=O) groups excluding carboxylic acids is 1. The van der Waals surface area contributed by atoms with Gasteiger partial charge in [-0.1, -0.05) is 19.9 Å². The Kier molecular flexibility index (Phi) is 5.13. The van der Waals surface area contributed by atoms with Gasteiger partial charge >= 0.3 is 0 Å². The topological polar surface area (TPSA) is 38.3 Å². The lowest BCUT2D eigenvalue weighted by molar-refractivity contribution is -0.124. The zero-order valence-electron chi connectivity index (χ0n) is 11.3. The van der Waals surface area contributed by atoms with Gasteiger partial charge in [0.2, 0.25) is 0 Å². The molecule has 1 aromatic carbocycles. The molecule has 0 fully saturated rings. The predicted octanol–water partition coefficient (Wildman–Crippen LogP) is 2.67. The second-order valence-corrected chi connectivity index (χ2v) is 4.80. The van der Waals surface area contributed by atoms with E-state index >= 15 is 0 Å². The maximum atomic E-state index is 13.0. The third-order valence-corrected chi connectivity index (χ3v) is 2.90. The van der Waals surface area contributed by atoms with Crippen molar-refractivity contribution in [1.82, 2.24) is 5.32 Å². The molecule has 4 heteroatoms. The Hall–Kier alpha value is -1.58. The summed E-state index contributed by atoms with van der Waals surface area (Å²) in [5, 5.41) is 2.83. The van der Waals surface area contributed by atoms with Crippen LogP contribution in [0, 0.1) is 18.7 Å². The average Bonchev–Trinajstić information content (AvgIpc) is 2.30. The minimum Gasteiger partial charge on any atom is -0.483 e. The molecule has 0 heterocycles. The summed E-state index contributed by atoms with van der Waals surface area (Å²) in [6.45, 7) is 7.71. The Morgan fingerprint density at radius 2 is 2.06 bits per heavy atom. The normalized spacial score (nSPS) is 12.3. The molecule has 0 bridgehead atoms. The Morgan fingerprint density at radius 3 is 2.67 bits per heavy atom. The summed E-state index contributed by atoms with van der Waals surface area (Å²) in [5.74, 6) is 0.207. The van der Waals surface area contributed by atoms with E-state index in [0.717, 1.165) is 5.56 Å². The third-order valence-electron chi connectivity index (χ3n) is 2.90. The lowest BCUT2D eigenvalue weighted by Crippen LogP contribution is -2.39. The van der Waals surface area contributed by atoms with E-state index < -0.39 is 0 Å². The summed E-state index contributed by atoms with van der Waals surface area (Å²) >= 11 is 0. The van der Waals surface area contributed by atoms with Crippen LogP contribution in [-0.2, 0) is 4.79 Å². The van der Waals surface area contributed by atoms with E-state index in [9.17, 15) is 9.18 Å². The zero-order chi connectivity index (χ0) is 13.7. The standard InChI is InChI=1S/C14H20FNO2/c1-9(2)11(4)16-14(17)8-18-13-7-12(15)6-5-10(13)3/h5-7,9,11H,8H2,1-4H3,(H,16,17). The Labute approximate surface area is 107 Å². The second-order valence-electron chi connectivity index (χ2n) is 4.80. The molecule has 0 saturated heterocycles. The summed E-state index contributed by atoms with van der Waals surface area (Å²) in [5.41, 5.74) is 0.807. The van der Waals surface area contributed by atoms with Gasteiger partial charge < -0.3 is 10.1 Å². The number of halogens is 1. The van der Waals surface area contributed by atoms with Crippen LogP contribution in [0.25, 0.3) is 0 Å². The van der Waals surface area contributed by atoms with Gasteiger partial charge in [0.25, 0.3) is 5.91 Å². The summed E-state index contributed by atoms with van der Waals surface area (Å²) in [7, 11) is 0. The predicted molar refractivity (Wildman–Crippen MR) is 69.1 cm³/mol. The van der Waals surface area contributed by atoms with Crippen molar-refractivity contribution in [2.75, 3.05) is 6.61 Å². The quantitative estimate of drug-likeness (QED) is 0.876. The highest BCUT2D eigenvalue weighted by molar-refractivity contribution is 5.77. The van der Waals surface area contributed by atoms with Crippen molar-refractivity contribution >= 4 is 5.91 Å². The van der Waals surface area contributed by atoms with Crippen molar-refractivity contribution in [3.63, 3.8) is 0 Å². The number of rotatable bonds is 5. The average molecular weight is 253 g/mol. The van der Waals surface area contributed by atoms with E-state index in [2.05, 4.69) is 5.32 Å². The molecular formula is C14H20FNO2. The molecule has 0 saturated carbocycles. The van der Waals surface area contributed by atoms with E-state index in [1.54, 1.807) is 6.07 Å². The fourth-order valence-corrected chi connectivity index (χ4v) is 1.33. The highest BCUT2D eigenvalue weighted by Gasteiger charge is 2.11. The molecule has 1 amide bonds. The van der Waals surface area contributed by atoms with E-state index in [1.165, 1.54) is 12.1 Å². The van der Waals surface area contributed by atoms with Gasteiger partial charge in [-0.15, -0.1) is 0 Å². The summed E-state index contributed by atoms with van der Waals surface area (Å²) in [6, 6.07) is 4.37. The first kappa shape index (κ1) is 14.5. The molecule has 3 nitrogen and oxygen atoms in total. The van der Waals surface area contributed by atoms with Crippen LogP contribution in [0.3, 0.4) is 0 Å². The number of aryl methyl sites for hydroxylation is 1. The van der Waals surface area contributed by atoms with Crippen LogP contribution in [0.15, 0.2) is 18.2 Å². The number of benzene rings is 1. The van der Waals surface area contributed by atoms with Crippen molar-refractivity contribution < 1.29 is 13.9 Å². The van der Waals surface area contributed by atoms with Gasteiger partial charge in [0.05, 0.1) is 0 Å².